The molecule has 2 aliphatic heterocycles. The summed E-state index contributed by atoms with van der Waals surface area (Å²) in [5.41, 5.74) is 7.67. The maximum Gasteiger partial charge on any atom is 0.227 e. The van der Waals surface area contributed by atoms with Gasteiger partial charge >= 0.3 is 0 Å². The molecule has 6 rings (SSSR count). The minimum Gasteiger partial charge on any atom is -0.337 e. The van der Waals surface area contributed by atoms with Gasteiger partial charge in [-0.15, -0.1) is 0 Å². The van der Waals surface area contributed by atoms with Gasteiger partial charge in [0.2, 0.25) is 5.95 Å². The van der Waals surface area contributed by atoms with Crippen LogP contribution in [0.5, 0.6) is 0 Å². The summed E-state index contributed by atoms with van der Waals surface area (Å²) < 4.78 is 0. The SMILES string of the molecule is CC(C)(N)C12CC(C1)N(c1nccc(Nc3cc(C4CC4)[nH]n3)n1)C2. The highest BCUT2D eigenvalue weighted by Gasteiger charge is 2.61. The van der Waals surface area contributed by atoms with Gasteiger partial charge in [-0.25, -0.2) is 4.98 Å². The number of nitrogens with one attached hydrogen (secondary N) is 2. The largest absolute Gasteiger partial charge is 0.337 e. The highest BCUT2D eigenvalue weighted by atomic mass is 15.3. The third-order valence-corrected chi connectivity index (χ3v) is 6.30. The van der Waals surface area contributed by atoms with Gasteiger partial charge in [0.05, 0.1) is 0 Å². The lowest BCUT2D eigenvalue weighted by Gasteiger charge is -2.46. The number of fused-ring (bicyclic) bond motifs is 1. The van der Waals surface area contributed by atoms with Crippen molar-refractivity contribution in [1.29, 1.82) is 0 Å². The fourth-order valence-electron chi connectivity index (χ4n) is 4.30. The van der Waals surface area contributed by atoms with Crippen LogP contribution in [0.1, 0.15) is 51.1 Å². The van der Waals surface area contributed by atoms with Crippen LogP contribution >= 0.6 is 0 Å². The van der Waals surface area contributed by atoms with Crippen molar-refractivity contribution in [3.8, 4) is 0 Å². The van der Waals surface area contributed by atoms with Crippen LogP contribution in [0.2, 0.25) is 0 Å². The van der Waals surface area contributed by atoms with Gasteiger partial charge in [-0.05, 0) is 45.6 Å². The number of hydrogen-bond donors (Lipinski definition) is 3. The van der Waals surface area contributed by atoms with E-state index in [4.69, 9.17) is 10.7 Å². The lowest BCUT2D eigenvalue weighted by Crippen LogP contribution is -2.55. The molecule has 7 nitrogen and oxygen atoms in total. The Balaban J connectivity index is 1.33. The molecule has 132 valence electrons. The highest BCUT2D eigenvalue weighted by molar-refractivity contribution is 5.54. The fourth-order valence-corrected chi connectivity index (χ4v) is 4.30. The molecule has 0 amide bonds. The second-order valence-electron chi connectivity index (χ2n) is 8.54. The Kier molecular flexibility index (Phi) is 2.99. The summed E-state index contributed by atoms with van der Waals surface area (Å²) >= 11 is 0. The van der Waals surface area contributed by atoms with E-state index in [9.17, 15) is 0 Å². The smallest absolute Gasteiger partial charge is 0.227 e. The summed E-state index contributed by atoms with van der Waals surface area (Å²) in [5, 5.41) is 10.7. The summed E-state index contributed by atoms with van der Waals surface area (Å²) in [4.78, 5) is 11.5. The number of hydrogen-bond acceptors (Lipinski definition) is 6. The van der Waals surface area contributed by atoms with Gasteiger partial charge in [0.15, 0.2) is 5.82 Å². The number of aromatic amines is 1. The van der Waals surface area contributed by atoms with E-state index in [1.807, 2.05) is 12.3 Å². The van der Waals surface area contributed by atoms with Crippen LogP contribution in [0.15, 0.2) is 18.3 Å². The second-order valence-corrected chi connectivity index (χ2v) is 8.54. The van der Waals surface area contributed by atoms with Crippen molar-refractivity contribution >= 4 is 17.6 Å². The average Bonchev–Trinajstić information content (AvgIpc) is 2.99. The number of H-pyrrole nitrogens is 1. The van der Waals surface area contributed by atoms with Crippen molar-refractivity contribution in [2.75, 3.05) is 16.8 Å². The van der Waals surface area contributed by atoms with Gasteiger partial charge in [-0.1, -0.05) is 0 Å². The quantitative estimate of drug-likeness (QED) is 0.775. The lowest BCUT2D eigenvalue weighted by molar-refractivity contribution is 0.0966. The Bertz CT molecular complexity index is 796. The molecule has 2 bridgehead atoms. The van der Waals surface area contributed by atoms with Gasteiger partial charge in [0, 0.05) is 47.4 Å². The number of nitrogens with zero attached hydrogens (tertiary/aromatic N) is 4. The van der Waals surface area contributed by atoms with E-state index in [0.29, 0.717) is 12.0 Å². The van der Waals surface area contributed by atoms with Crippen molar-refractivity contribution < 1.29 is 0 Å². The predicted octanol–water partition coefficient (Wildman–Crippen LogP) is 2.53. The molecule has 2 saturated heterocycles. The van der Waals surface area contributed by atoms with E-state index < -0.39 is 0 Å². The lowest BCUT2D eigenvalue weighted by atomic mass is 9.60. The Morgan fingerprint density at radius 3 is 2.80 bits per heavy atom. The van der Waals surface area contributed by atoms with Crippen LogP contribution in [0.3, 0.4) is 0 Å². The standard InChI is InChI=1S/C18H25N7/c1-17(2,19)18-8-12(9-18)25(10-18)16-20-6-5-14(22-16)21-15-7-13(23-24-15)11-3-4-11/h5-7,11-12H,3-4,8-10,19H2,1-2H3,(H2,20,21,22,23,24). The van der Waals surface area contributed by atoms with Crippen LogP contribution in [-0.2, 0) is 0 Å². The molecule has 0 radical (unpaired) electrons. The van der Waals surface area contributed by atoms with E-state index in [1.54, 1.807) is 0 Å². The van der Waals surface area contributed by atoms with Crippen molar-refractivity contribution in [3.05, 3.63) is 24.0 Å². The molecule has 0 atom stereocenters. The van der Waals surface area contributed by atoms with Crippen molar-refractivity contribution in [1.82, 2.24) is 20.2 Å². The molecule has 0 spiro atoms. The Hall–Kier alpha value is -2.15. The van der Waals surface area contributed by atoms with Crippen molar-refractivity contribution in [2.45, 2.75) is 57.0 Å². The molecule has 7 heteroatoms. The van der Waals surface area contributed by atoms with Crippen molar-refractivity contribution in [3.63, 3.8) is 0 Å². The summed E-state index contributed by atoms with van der Waals surface area (Å²) in [6, 6.07) is 4.49. The zero-order valence-electron chi connectivity index (χ0n) is 14.8. The third-order valence-electron chi connectivity index (χ3n) is 6.30. The van der Waals surface area contributed by atoms with Gasteiger partial charge in [-0.2, -0.15) is 10.1 Å². The zero-order valence-corrected chi connectivity index (χ0v) is 14.8. The van der Waals surface area contributed by atoms with Crippen LogP contribution in [0.4, 0.5) is 17.6 Å². The predicted molar refractivity (Wildman–Crippen MR) is 96.9 cm³/mol. The molecular formula is C18H25N7. The molecule has 2 aromatic heterocycles. The van der Waals surface area contributed by atoms with E-state index in [2.05, 4.69) is 45.3 Å². The van der Waals surface area contributed by atoms with E-state index in [1.165, 1.54) is 18.5 Å². The normalized spacial score (nSPS) is 28.1. The molecule has 0 aromatic carbocycles. The van der Waals surface area contributed by atoms with Gasteiger partial charge < -0.3 is 16.0 Å². The maximum absolute atomic E-state index is 6.43. The summed E-state index contributed by atoms with van der Waals surface area (Å²) in [7, 11) is 0. The molecular weight excluding hydrogens is 314 g/mol. The Morgan fingerprint density at radius 1 is 1.32 bits per heavy atom. The summed E-state index contributed by atoms with van der Waals surface area (Å²) in [6.45, 7) is 5.22. The number of anilines is 3. The van der Waals surface area contributed by atoms with E-state index in [0.717, 1.165) is 37.0 Å². The number of aromatic nitrogens is 4. The topological polar surface area (TPSA) is 95.8 Å². The van der Waals surface area contributed by atoms with Crippen LogP contribution < -0.4 is 16.0 Å². The Labute approximate surface area is 147 Å². The van der Waals surface area contributed by atoms with Crippen LogP contribution in [0, 0.1) is 5.41 Å². The van der Waals surface area contributed by atoms with E-state index in [-0.39, 0.29) is 11.0 Å². The van der Waals surface area contributed by atoms with Crippen LogP contribution in [0.25, 0.3) is 0 Å². The highest BCUT2D eigenvalue weighted by Crippen LogP contribution is 2.57. The molecule has 2 saturated carbocycles. The van der Waals surface area contributed by atoms with Gasteiger partial charge in [0.25, 0.3) is 0 Å². The molecule has 0 unspecified atom stereocenters. The Morgan fingerprint density at radius 2 is 2.12 bits per heavy atom. The molecule has 25 heavy (non-hydrogen) atoms. The molecule has 2 aromatic rings. The average molecular weight is 339 g/mol. The summed E-state index contributed by atoms with van der Waals surface area (Å²) in [6.07, 6.45) is 6.61. The number of rotatable bonds is 5. The first-order valence-electron chi connectivity index (χ1n) is 9.14. The second kappa shape index (κ2) is 4.94. The molecule has 4 fully saturated rings. The first kappa shape index (κ1) is 15.1. The third kappa shape index (κ3) is 2.40. The molecule has 4 aliphatic rings. The fraction of sp³-hybridized carbons (Fsp3) is 0.611. The maximum atomic E-state index is 6.43. The first-order valence-corrected chi connectivity index (χ1v) is 9.14. The number of nitrogens with two attached hydrogens (primary N) is 1. The van der Waals surface area contributed by atoms with Crippen LogP contribution in [-0.4, -0.2) is 38.3 Å². The monoisotopic (exact) mass is 339 g/mol. The molecule has 2 aliphatic carbocycles. The molecule has 4 heterocycles. The summed E-state index contributed by atoms with van der Waals surface area (Å²) in [5.74, 6) is 3.05. The van der Waals surface area contributed by atoms with Gasteiger partial charge in [-0.3, -0.25) is 5.10 Å². The minimum absolute atomic E-state index is 0.164. The van der Waals surface area contributed by atoms with E-state index >= 15 is 0 Å². The molecule has 4 N–H and O–H groups in total. The minimum atomic E-state index is -0.164. The first-order chi connectivity index (χ1) is 11.9. The van der Waals surface area contributed by atoms with Crippen molar-refractivity contribution in [2.24, 2.45) is 11.1 Å². The zero-order chi connectivity index (χ0) is 17.2. The van der Waals surface area contributed by atoms with Gasteiger partial charge in [0.1, 0.15) is 5.82 Å².